The summed E-state index contributed by atoms with van der Waals surface area (Å²) in [5, 5.41) is 2.39. The van der Waals surface area contributed by atoms with Crippen molar-refractivity contribution < 1.29 is 9.53 Å². The number of anilines is 1. The van der Waals surface area contributed by atoms with Gasteiger partial charge >= 0.3 is 0 Å². The molecule has 0 bridgehead atoms. The molecule has 4 nitrogen and oxygen atoms in total. The highest BCUT2D eigenvalue weighted by molar-refractivity contribution is 6.09. The Balaban J connectivity index is 1.44. The number of amides is 1. The Labute approximate surface area is 171 Å². The van der Waals surface area contributed by atoms with Gasteiger partial charge in [0.05, 0.1) is 13.2 Å². The summed E-state index contributed by atoms with van der Waals surface area (Å²) in [5.74, 6) is 0.0809. The van der Waals surface area contributed by atoms with Crippen molar-refractivity contribution in [2.45, 2.75) is 19.4 Å². The smallest absolute Gasteiger partial charge is 0.254 e. The van der Waals surface area contributed by atoms with Gasteiger partial charge in [-0.05, 0) is 52.4 Å². The zero-order valence-electron chi connectivity index (χ0n) is 16.9. The zero-order valence-corrected chi connectivity index (χ0v) is 16.9. The van der Waals surface area contributed by atoms with Crippen LogP contribution in [0.3, 0.4) is 0 Å². The highest BCUT2D eigenvalue weighted by Gasteiger charge is 2.22. The maximum absolute atomic E-state index is 13.4. The van der Waals surface area contributed by atoms with Gasteiger partial charge in [-0.25, -0.2) is 0 Å². The summed E-state index contributed by atoms with van der Waals surface area (Å²) in [6, 6.07) is 18.9. The predicted molar refractivity (Wildman–Crippen MR) is 117 cm³/mol. The first kappa shape index (κ1) is 18.2. The SMILES string of the molecule is CN(Cc1ccccc1N1CCOCC1)C(=O)c1ccc2c3c(cccc13)CC2. The molecule has 2 aliphatic rings. The van der Waals surface area contributed by atoms with Crippen molar-refractivity contribution in [3.63, 3.8) is 0 Å². The summed E-state index contributed by atoms with van der Waals surface area (Å²) < 4.78 is 5.50. The normalized spacial score (nSPS) is 15.7. The maximum Gasteiger partial charge on any atom is 0.254 e. The van der Waals surface area contributed by atoms with Crippen LogP contribution in [0.5, 0.6) is 0 Å². The molecule has 1 saturated heterocycles. The van der Waals surface area contributed by atoms with Gasteiger partial charge in [0.2, 0.25) is 0 Å². The molecule has 0 saturated carbocycles. The first-order valence-corrected chi connectivity index (χ1v) is 10.4. The topological polar surface area (TPSA) is 32.8 Å². The number of ether oxygens (including phenoxy) is 1. The van der Waals surface area contributed by atoms with E-state index in [0.29, 0.717) is 6.54 Å². The van der Waals surface area contributed by atoms with Crippen LogP contribution in [-0.4, -0.2) is 44.2 Å². The quantitative estimate of drug-likeness (QED) is 0.678. The molecule has 5 rings (SSSR count). The molecule has 0 spiro atoms. The van der Waals surface area contributed by atoms with Crippen LogP contribution in [0.15, 0.2) is 54.6 Å². The van der Waals surface area contributed by atoms with Crippen LogP contribution < -0.4 is 4.90 Å². The largest absolute Gasteiger partial charge is 0.378 e. The number of morpholine rings is 1. The molecule has 0 atom stereocenters. The first-order chi connectivity index (χ1) is 14.2. The molecule has 29 heavy (non-hydrogen) atoms. The van der Waals surface area contributed by atoms with Gasteiger partial charge < -0.3 is 14.5 Å². The van der Waals surface area contributed by atoms with Crippen molar-refractivity contribution >= 4 is 22.4 Å². The zero-order chi connectivity index (χ0) is 19.8. The Kier molecular flexibility index (Phi) is 4.72. The van der Waals surface area contributed by atoms with E-state index in [1.807, 2.05) is 18.0 Å². The summed E-state index contributed by atoms with van der Waals surface area (Å²) in [7, 11) is 1.90. The predicted octanol–water partition coefficient (Wildman–Crippen LogP) is 4.05. The minimum Gasteiger partial charge on any atom is -0.378 e. The number of carbonyl (C=O) groups excluding carboxylic acids is 1. The Bertz CT molecular complexity index is 1060. The molecule has 0 unspecified atom stereocenters. The van der Waals surface area contributed by atoms with Gasteiger partial charge in [0.25, 0.3) is 5.91 Å². The molecular formula is C25H26N2O2. The minimum absolute atomic E-state index is 0.0809. The third-order valence-corrected chi connectivity index (χ3v) is 6.20. The fourth-order valence-electron chi connectivity index (χ4n) is 4.72. The molecule has 148 valence electrons. The van der Waals surface area contributed by atoms with Crippen LogP contribution in [-0.2, 0) is 24.1 Å². The number of rotatable bonds is 4. The molecule has 0 N–H and O–H groups in total. The molecule has 1 amide bonds. The fourth-order valence-corrected chi connectivity index (χ4v) is 4.72. The van der Waals surface area contributed by atoms with Gasteiger partial charge in [-0.1, -0.05) is 42.5 Å². The fraction of sp³-hybridized carbons (Fsp3) is 0.320. The molecule has 1 aliphatic carbocycles. The number of nitrogens with zero attached hydrogens (tertiary/aromatic N) is 2. The first-order valence-electron chi connectivity index (χ1n) is 10.4. The molecule has 3 aromatic rings. The van der Waals surface area contributed by atoms with Gasteiger partial charge in [-0.15, -0.1) is 0 Å². The van der Waals surface area contributed by atoms with E-state index in [2.05, 4.69) is 53.4 Å². The third kappa shape index (κ3) is 3.28. The molecule has 1 aliphatic heterocycles. The molecule has 3 aromatic carbocycles. The second-order valence-corrected chi connectivity index (χ2v) is 8.00. The van der Waals surface area contributed by atoms with Gasteiger partial charge in [0.1, 0.15) is 0 Å². The molecule has 0 radical (unpaired) electrons. The Hall–Kier alpha value is -2.85. The van der Waals surface area contributed by atoms with Crippen molar-refractivity contribution in [2.75, 3.05) is 38.3 Å². The molecule has 1 fully saturated rings. The summed E-state index contributed by atoms with van der Waals surface area (Å²) >= 11 is 0. The van der Waals surface area contributed by atoms with E-state index in [4.69, 9.17) is 4.74 Å². The summed E-state index contributed by atoms with van der Waals surface area (Å²) in [6.07, 6.45) is 2.15. The summed E-state index contributed by atoms with van der Waals surface area (Å²) in [6.45, 7) is 3.88. The Morgan fingerprint density at radius 1 is 0.966 bits per heavy atom. The van der Waals surface area contributed by atoms with E-state index in [1.54, 1.807) is 0 Å². The third-order valence-electron chi connectivity index (χ3n) is 6.20. The van der Waals surface area contributed by atoms with Gasteiger partial charge in [-0.2, -0.15) is 0 Å². The number of carbonyl (C=O) groups is 1. The van der Waals surface area contributed by atoms with E-state index in [9.17, 15) is 4.79 Å². The van der Waals surface area contributed by atoms with E-state index in [0.717, 1.165) is 50.1 Å². The average Bonchev–Trinajstić information content (AvgIpc) is 3.19. The minimum atomic E-state index is 0.0809. The number of hydrogen-bond acceptors (Lipinski definition) is 3. The van der Waals surface area contributed by atoms with E-state index < -0.39 is 0 Å². The highest BCUT2D eigenvalue weighted by Crippen LogP contribution is 2.33. The average molecular weight is 386 g/mol. The number of aryl methyl sites for hydroxylation is 2. The van der Waals surface area contributed by atoms with Gasteiger partial charge in [0, 0.05) is 37.9 Å². The maximum atomic E-state index is 13.4. The molecular weight excluding hydrogens is 360 g/mol. The van der Waals surface area contributed by atoms with Crippen molar-refractivity contribution in [2.24, 2.45) is 0 Å². The van der Waals surface area contributed by atoms with Crippen molar-refractivity contribution in [3.05, 3.63) is 76.9 Å². The monoisotopic (exact) mass is 386 g/mol. The van der Waals surface area contributed by atoms with Crippen LogP contribution >= 0.6 is 0 Å². The lowest BCUT2D eigenvalue weighted by Crippen LogP contribution is -2.37. The highest BCUT2D eigenvalue weighted by atomic mass is 16.5. The Morgan fingerprint density at radius 2 is 1.72 bits per heavy atom. The standard InChI is InChI=1S/C25H26N2O2/c1-26(17-20-5-2-3-8-23(20)27-13-15-29-16-14-27)25(28)22-12-11-19-10-9-18-6-4-7-21(22)24(18)19/h2-8,11-12H,9-10,13-17H2,1H3. The van der Waals surface area contributed by atoms with Crippen LogP contribution in [0, 0.1) is 0 Å². The van der Waals surface area contributed by atoms with Gasteiger partial charge in [0.15, 0.2) is 0 Å². The lowest BCUT2D eigenvalue weighted by atomic mass is 9.99. The van der Waals surface area contributed by atoms with E-state index in [-0.39, 0.29) is 5.91 Å². The van der Waals surface area contributed by atoms with E-state index >= 15 is 0 Å². The molecule has 1 heterocycles. The van der Waals surface area contributed by atoms with Crippen LogP contribution in [0.25, 0.3) is 10.8 Å². The van der Waals surface area contributed by atoms with Crippen molar-refractivity contribution in [1.29, 1.82) is 0 Å². The summed E-state index contributed by atoms with van der Waals surface area (Å²) in [5.41, 5.74) is 5.92. The Morgan fingerprint density at radius 3 is 2.55 bits per heavy atom. The number of para-hydroxylation sites is 1. The number of benzene rings is 3. The van der Waals surface area contributed by atoms with Crippen LogP contribution in [0.1, 0.15) is 27.0 Å². The van der Waals surface area contributed by atoms with Gasteiger partial charge in [-0.3, -0.25) is 4.79 Å². The van der Waals surface area contributed by atoms with Crippen molar-refractivity contribution in [3.8, 4) is 0 Å². The lowest BCUT2D eigenvalue weighted by molar-refractivity contribution is 0.0787. The second kappa shape index (κ2) is 7.53. The second-order valence-electron chi connectivity index (χ2n) is 8.00. The number of hydrogen-bond donors (Lipinski definition) is 0. The summed E-state index contributed by atoms with van der Waals surface area (Å²) in [4.78, 5) is 17.6. The van der Waals surface area contributed by atoms with Crippen molar-refractivity contribution in [1.82, 2.24) is 4.90 Å². The van der Waals surface area contributed by atoms with Crippen LogP contribution in [0.4, 0.5) is 5.69 Å². The molecule has 0 aromatic heterocycles. The van der Waals surface area contributed by atoms with E-state index in [1.165, 1.54) is 27.8 Å². The van der Waals surface area contributed by atoms with Crippen LogP contribution in [0.2, 0.25) is 0 Å². The lowest BCUT2D eigenvalue weighted by Gasteiger charge is -2.31. The molecule has 4 heteroatoms.